The van der Waals surface area contributed by atoms with Gasteiger partial charge in [-0.05, 0) is 44.5 Å². The third kappa shape index (κ3) is 6.58. The highest BCUT2D eigenvalue weighted by Gasteiger charge is 2.05. The molecule has 19 heavy (non-hydrogen) atoms. The van der Waals surface area contributed by atoms with E-state index in [2.05, 4.69) is 12.2 Å². The average molecular weight is 266 g/mol. The first-order valence-corrected chi connectivity index (χ1v) is 7.42. The molecule has 0 aliphatic rings. The minimum Gasteiger partial charge on any atom is -0.372 e. The predicted octanol–water partition coefficient (Wildman–Crippen LogP) is 3.82. The maximum atomic E-state index is 13.5. The zero-order valence-electron chi connectivity index (χ0n) is 12.3. The Balaban J connectivity index is 2.08. The summed E-state index contributed by atoms with van der Waals surface area (Å²) < 4.78 is 13.5. The van der Waals surface area contributed by atoms with E-state index in [0.29, 0.717) is 5.69 Å². The second-order valence-corrected chi connectivity index (χ2v) is 5.04. The van der Waals surface area contributed by atoms with Gasteiger partial charge < -0.3 is 10.2 Å². The van der Waals surface area contributed by atoms with E-state index in [-0.39, 0.29) is 5.82 Å². The van der Waals surface area contributed by atoms with Crippen molar-refractivity contribution in [2.75, 3.05) is 31.6 Å². The number of nitrogens with one attached hydrogen (secondary N) is 1. The van der Waals surface area contributed by atoms with E-state index >= 15 is 0 Å². The van der Waals surface area contributed by atoms with E-state index < -0.39 is 0 Å². The molecular formula is C16H27FN2. The Labute approximate surface area is 117 Å². The fourth-order valence-corrected chi connectivity index (χ4v) is 2.14. The van der Waals surface area contributed by atoms with Crippen LogP contribution in [0.5, 0.6) is 0 Å². The van der Waals surface area contributed by atoms with Crippen molar-refractivity contribution < 1.29 is 4.39 Å². The van der Waals surface area contributed by atoms with Crippen molar-refractivity contribution in [1.82, 2.24) is 5.32 Å². The molecular weight excluding hydrogens is 239 g/mol. The van der Waals surface area contributed by atoms with Gasteiger partial charge in [0.1, 0.15) is 5.82 Å². The van der Waals surface area contributed by atoms with E-state index in [9.17, 15) is 4.39 Å². The minimum absolute atomic E-state index is 0.131. The second kappa shape index (κ2) is 9.79. The molecule has 0 heterocycles. The summed E-state index contributed by atoms with van der Waals surface area (Å²) in [5, 5.41) is 3.41. The zero-order valence-corrected chi connectivity index (χ0v) is 12.3. The Morgan fingerprint density at radius 1 is 1.05 bits per heavy atom. The lowest BCUT2D eigenvalue weighted by Crippen LogP contribution is -2.19. The lowest BCUT2D eigenvalue weighted by atomic mass is 10.2. The van der Waals surface area contributed by atoms with Gasteiger partial charge in [0.15, 0.2) is 0 Å². The molecule has 0 aliphatic carbocycles. The fraction of sp³-hybridized carbons (Fsp3) is 0.625. The molecule has 0 radical (unpaired) electrons. The molecule has 2 nitrogen and oxygen atoms in total. The summed E-state index contributed by atoms with van der Waals surface area (Å²) in [6, 6.07) is 6.97. The molecule has 1 N–H and O–H groups in total. The standard InChI is InChI=1S/C16H27FN2/c1-3-12-18-13-8-4-5-9-14-19(2)16-11-7-6-10-15(16)17/h6-7,10-11,18H,3-5,8-9,12-14H2,1-2H3. The van der Waals surface area contributed by atoms with Crippen LogP contribution in [0.15, 0.2) is 24.3 Å². The Kier molecular flexibility index (Phi) is 8.23. The third-order valence-corrected chi connectivity index (χ3v) is 3.29. The highest BCUT2D eigenvalue weighted by molar-refractivity contribution is 5.46. The Bertz CT molecular complexity index is 341. The molecule has 0 spiro atoms. The van der Waals surface area contributed by atoms with E-state index in [1.807, 2.05) is 24.1 Å². The monoisotopic (exact) mass is 266 g/mol. The molecule has 108 valence electrons. The van der Waals surface area contributed by atoms with Crippen molar-refractivity contribution >= 4 is 5.69 Å². The highest BCUT2D eigenvalue weighted by Crippen LogP contribution is 2.17. The van der Waals surface area contributed by atoms with Crippen LogP contribution in [0, 0.1) is 5.82 Å². The number of benzene rings is 1. The topological polar surface area (TPSA) is 15.3 Å². The molecule has 1 aromatic carbocycles. The smallest absolute Gasteiger partial charge is 0.146 e. The quantitative estimate of drug-likeness (QED) is 0.648. The van der Waals surface area contributed by atoms with Crippen LogP contribution in [0.25, 0.3) is 0 Å². The van der Waals surface area contributed by atoms with Gasteiger partial charge in [-0.25, -0.2) is 4.39 Å². The number of para-hydroxylation sites is 1. The zero-order chi connectivity index (χ0) is 13.9. The van der Waals surface area contributed by atoms with Crippen LogP contribution in [-0.2, 0) is 0 Å². The van der Waals surface area contributed by atoms with Crippen LogP contribution in [-0.4, -0.2) is 26.7 Å². The van der Waals surface area contributed by atoms with Gasteiger partial charge >= 0.3 is 0 Å². The fourth-order valence-electron chi connectivity index (χ4n) is 2.14. The summed E-state index contributed by atoms with van der Waals surface area (Å²) in [7, 11) is 1.96. The van der Waals surface area contributed by atoms with Crippen molar-refractivity contribution in [3.05, 3.63) is 30.1 Å². The molecule has 1 aromatic rings. The van der Waals surface area contributed by atoms with Crippen LogP contribution >= 0.6 is 0 Å². The first kappa shape index (κ1) is 16.0. The van der Waals surface area contributed by atoms with Crippen molar-refractivity contribution in [2.45, 2.75) is 39.0 Å². The molecule has 0 saturated heterocycles. The number of nitrogens with zero attached hydrogens (tertiary/aromatic N) is 1. The van der Waals surface area contributed by atoms with Crippen LogP contribution in [0.3, 0.4) is 0 Å². The number of hydrogen-bond donors (Lipinski definition) is 1. The molecule has 0 saturated carbocycles. The van der Waals surface area contributed by atoms with Crippen LogP contribution in [0.2, 0.25) is 0 Å². The van der Waals surface area contributed by atoms with E-state index in [0.717, 1.165) is 26.1 Å². The first-order valence-electron chi connectivity index (χ1n) is 7.42. The molecule has 0 amide bonds. The molecule has 0 bridgehead atoms. The number of anilines is 1. The summed E-state index contributed by atoms with van der Waals surface area (Å²) in [6.45, 7) is 5.35. The molecule has 0 unspecified atom stereocenters. The maximum absolute atomic E-state index is 13.5. The molecule has 0 atom stereocenters. The molecule has 0 fully saturated rings. The average Bonchev–Trinajstić information content (AvgIpc) is 2.42. The summed E-state index contributed by atoms with van der Waals surface area (Å²) in [6.07, 6.45) is 6.03. The van der Waals surface area contributed by atoms with Gasteiger partial charge in [-0.3, -0.25) is 0 Å². The number of hydrogen-bond acceptors (Lipinski definition) is 2. The third-order valence-electron chi connectivity index (χ3n) is 3.29. The van der Waals surface area contributed by atoms with Gasteiger partial charge in [0, 0.05) is 13.6 Å². The molecule has 1 rings (SSSR count). The van der Waals surface area contributed by atoms with Crippen molar-refractivity contribution in [3.8, 4) is 0 Å². The summed E-state index contributed by atoms with van der Waals surface area (Å²) in [5.41, 5.74) is 0.701. The number of unbranched alkanes of at least 4 members (excludes halogenated alkanes) is 3. The van der Waals surface area contributed by atoms with Crippen molar-refractivity contribution in [3.63, 3.8) is 0 Å². The maximum Gasteiger partial charge on any atom is 0.146 e. The Morgan fingerprint density at radius 2 is 1.79 bits per heavy atom. The van der Waals surface area contributed by atoms with Crippen LogP contribution < -0.4 is 10.2 Å². The SMILES string of the molecule is CCCNCCCCCCN(C)c1ccccc1F. The van der Waals surface area contributed by atoms with Gasteiger partial charge in [0.05, 0.1) is 5.69 Å². The van der Waals surface area contributed by atoms with Crippen molar-refractivity contribution in [2.24, 2.45) is 0 Å². The van der Waals surface area contributed by atoms with Gasteiger partial charge in [-0.1, -0.05) is 31.9 Å². The minimum atomic E-state index is -0.131. The van der Waals surface area contributed by atoms with Gasteiger partial charge in [0.25, 0.3) is 0 Å². The number of halogens is 1. The molecule has 3 heteroatoms. The van der Waals surface area contributed by atoms with Crippen LogP contribution in [0.4, 0.5) is 10.1 Å². The van der Waals surface area contributed by atoms with E-state index in [4.69, 9.17) is 0 Å². The van der Waals surface area contributed by atoms with Gasteiger partial charge in [-0.15, -0.1) is 0 Å². The lowest BCUT2D eigenvalue weighted by Gasteiger charge is -2.19. The summed E-state index contributed by atoms with van der Waals surface area (Å²) in [4.78, 5) is 2.00. The number of rotatable bonds is 10. The normalized spacial score (nSPS) is 10.7. The first-order chi connectivity index (χ1) is 9.25. The van der Waals surface area contributed by atoms with Crippen molar-refractivity contribution in [1.29, 1.82) is 0 Å². The van der Waals surface area contributed by atoms with Gasteiger partial charge in [-0.2, -0.15) is 0 Å². The largest absolute Gasteiger partial charge is 0.372 e. The molecule has 0 aliphatic heterocycles. The second-order valence-electron chi connectivity index (χ2n) is 5.04. The Morgan fingerprint density at radius 3 is 2.53 bits per heavy atom. The summed E-state index contributed by atoms with van der Waals surface area (Å²) in [5.74, 6) is -0.131. The molecule has 0 aromatic heterocycles. The van der Waals surface area contributed by atoms with Gasteiger partial charge in [0.2, 0.25) is 0 Å². The van der Waals surface area contributed by atoms with Crippen LogP contribution in [0.1, 0.15) is 39.0 Å². The van der Waals surface area contributed by atoms with E-state index in [1.165, 1.54) is 31.7 Å². The Hall–Kier alpha value is -1.09. The summed E-state index contributed by atoms with van der Waals surface area (Å²) >= 11 is 0. The lowest BCUT2D eigenvalue weighted by molar-refractivity contribution is 0.580. The van der Waals surface area contributed by atoms with E-state index in [1.54, 1.807) is 6.07 Å². The predicted molar refractivity (Wildman–Crippen MR) is 81.3 cm³/mol. The highest BCUT2D eigenvalue weighted by atomic mass is 19.1.